The second-order valence-electron chi connectivity index (χ2n) is 5.19. The maximum absolute atomic E-state index is 5.27. The summed E-state index contributed by atoms with van der Waals surface area (Å²) in [6, 6.07) is 16.3. The number of aromatic nitrogens is 1. The lowest BCUT2D eigenvalue weighted by Gasteiger charge is -2.12. The van der Waals surface area contributed by atoms with Crippen LogP contribution in [0.15, 0.2) is 48.5 Å². The molecular weight excluding hydrogens is 260 g/mol. The maximum atomic E-state index is 5.27. The molecular formula is C18H18N2O. The highest BCUT2D eigenvalue weighted by Crippen LogP contribution is 2.28. The van der Waals surface area contributed by atoms with Crippen LogP contribution in [0.3, 0.4) is 0 Å². The van der Waals surface area contributed by atoms with Crippen LogP contribution in [0.4, 0.5) is 11.4 Å². The Morgan fingerprint density at radius 1 is 1.00 bits per heavy atom. The summed E-state index contributed by atoms with van der Waals surface area (Å²) < 4.78 is 5.27. The average molecular weight is 278 g/mol. The van der Waals surface area contributed by atoms with Gasteiger partial charge in [0.05, 0.1) is 12.6 Å². The van der Waals surface area contributed by atoms with Crippen LogP contribution in [-0.2, 0) is 0 Å². The first-order valence-corrected chi connectivity index (χ1v) is 6.95. The molecule has 0 amide bonds. The molecule has 0 saturated heterocycles. The number of ether oxygens (including phenoxy) is 1. The van der Waals surface area contributed by atoms with E-state index in [0.29, 0.717) is 0 Å². The summed E-state index contributed by atoms with van der Waals surface area (Å²) >= 11 is 0. The van der Waals surface area contributed by atoms with Crippen LogP contribution in [0.25, 0.3) is 10.9 Å². The van der Waals surface area contributed by atoms with E-state index in [9.17, 15) is 0 Å². The van der Waals surface area contributed by atoms with Crippen molar-refractivity contribution in [2.24, 2.45) is 0 Å². The molecule has 1 N–H and O–H groups in total. The third-order valence-corrected chi connectivity index (χ3v) is 3.44. The summed E-state index contributed by atoms with van der Waals surface area (Å²) in [7, 11) is 1.68. The van der Waals surface area contributed by atoms with Crippen molar-refractivity contribution in [3.05, 3.63) is 59.8 Å². The fraction of sp³-hybridized carbons (Fsp3) is 0.167. The first kappa shape index (κ1) is 13.4. The van der Waals surface area contributed by atoms with E-state index in [4.69, 9.17) is 4.74 Å². The number of fused-ring (bicyclic) bond motifs is 1. The minimum absolute atomic E-state index is 0.839. The lowest BCUT2D eigenvalue weighted by molar-refractivity contribution is 0.415. The Hall–Kier alpha value is -2.55. The third-order valence-electron chi connectivity index (χ3n) is 3.44. The molecule has 0 aliphatic carbocycles. The second kappa shape index (κ2) is 5.44. The molecule has 0 aliphatic heterocycles. The number of methoxy groups -OCH3 is 1. The number of rotatable bonds is 3. The quantitative estimate of drug-likeness (QED) is 0.760. The topological polar surface area (TPSA) is 34.1 Å². The molecule has 0 fully saturated rings. The number of nitrogens with one attached hydrogen (secondary N) is 1. The largest absolute Gasteiger partial charge is 0.497 e. The number of hydrogen-bond donors (Lipinski definition) is 1. The van der Waals surface area contributed by atoms with E-state index in [2.05, 4.69) is 41.5 Å². The van der Waals surface area contributed by atoms with Crippen molar-refractivity contribution in [1.82, 2.24) is 4.98 Å². The van der Waals surface area contributed by atoms with Crippen LogP contribution in [0.5, 0.6) is 5.75 Å². The summed E-state index contributed by atoms with van der Waals surface area (Å²) in [5.41, 5.74) is 5.29. The molecule has 3 heteroatoms. The minimum atomic E-state index is 0.839. The summed E-state index contributed by atoms with van der Waals surface area (Å²) in [6.45, 7) is 4.10. The van der Waals surface area contributed by atoms with Crippen LogP contribution >= 0.6 is 0 Å². The Bertz CT molecular complexity index is 796. The predicted octanol–water partition coefficient (Wildman–Crippen LogP) is 4.60. The molecule has 21 heavy (non-hydrogen) atoms. The smallest absolute Gasteiger partial charge is 0.120 e. The summed E-state index contributed by atoms with van der Waals surface area (Å²) in [4.78, 5) is 4.59. The van der Waals surface area contributed by atoms with Gasteiger partial charge < -0.3 is 10.1 Å². The van der Waals surface area contributed by atoms with E-state index in [0.717, 1.165) is 33.7 Å². The molecule has 0 spiro atoms. The van der Waals surface area contributed by atoms with Crippen LogP contribution in [0, 0.1) is 13.8 Å². The van der Waals surface area contributed by atoms with Gasteiger partial charge in [-0.15, -0.1) is 0 Å². The Morgan fingerprint density at radius 2 is 1.86 bits per heavy atom. The molecule has 0 saturated carbocycles. The number of benzene rings is 2. The molecule has 1 aromatic heterocycles. The van der Waals surface area contributed by atoms with E-state index < -0.39 is 0 Å². The van der Waals surface area contributed by atoms with E-state index in [1.807, 2.05) is 31.2 Å². The zero-order chi connectivity index (χ0) is 14.8. The number of nitrogens with zero attached hydrogens (tertiary/aromatic N) is 1. The zero-order valence-electron chi connectivity index (χ0n) is 12.5. The van der Waals surface area contributed by atoms with Gasteiger partial charge in [-0.3, -0.25) is 4.98 Å². The van der Waals surface area contributed by atoms with Gasteiger partial charge in [-0.25, -0.2) is 0 Å². The summed E-state index contributed by atoms with van der Waals surface area (Å²) in [6.07, 6.45) is 0. The molecule has 0 bridgehead atoms. The molecule has 106 valence electrons. The van der Waals surface area contributed by atoms with E-state index in [-0.39, 0.29) is 0 Å². The molecule has 0 unspecified atom stereocenters. The van der Waals surface area contributed by atoms with Crippen molar-refractivity contribution in [2.45, 2.75) is 13.8 Å². The normalized spacial score (nSPS) is 10.6. The summed E-state index contributed by atoms with van der Waals surface area (Å²) in [5, 5.41) is 4.60. The Balaban J connectivity index is 2.08. The van der Waals surface area contributed by atoms with Gasteiger partial charge in [0.25, 0.3) is 0 Å². The van der Waals surface area contributed by atoms with Crippen LogP contribution in [0.1, 0.15) is 11.3 Å². The molecule has 0 aliphatic rings. The van der Waals surface area contributed by atoms with Gasteiger partial charge in [0, 0.05) is 28.5 Å². The highest BCUT2D eigenvalue weighted by molar-refractivity contribution is 5.93. The first-order chi connectivity index (χ1) is 10.2. The fourth-order valence-electron chi connectivity index (χ4n) is 2.43. The minimum Gasteiger partial charge on any atom is -0.497 e. The van der Waals surface area contributed by atoms with E-state index in [1.165, 1.54) is 5.56 Å². The Kier molecular flexibility index (Phi) is 3.48. The van der Waals surface area contributed by atoms with Gasteiger partial charge in [0.1, 0.15) is 5.75 Å². The number of hydrogen-bond acceptors (Lipinski definition) is 3. The van der Waals surface area contributed by atoms with Crippen molar-refractivity contribution in [3.63, 3.8) is 0 Å². The number of pyridine rings is 1. The fourth-order valence-corrected chi connectivity index (χ4v) is 2.43. The van der Waals surface area contributed by atoms with Gasteiger partial charge in [0.2, 0.25) is 0 Å². The average Bonchev–Trinajstić information content (AvgIpc) is 2.48. The van der Waals surface area contributed by atoms with Gasteiger partial charge >= 0.3 is 0 Å². The molecule has 2 aromatic carbocycles. The SMILES string of the molecule is COc1cccc(Nc2cc(C)nc3ccc(C)cc23)c1. The monoisotopic (exact) mass is 278 g/mol. The van der Waals surface area contributed by atoms with Gasteiger partial charge in [-0.2, -0.15) is 0 Å². The van der Waals surface area contributed by atoms with Crippen molar-refractivity contribution in [2.75, 3.05) is 12.4 Å². The molecule has 0 atom stereocenters. The lowest BCUT2D eigenvalue weighted by Crippen LogP contribution is -1.95. The van der Waals surface area contributed by atoms with Crippen LogP contribution < -0.4 is 10.1 Å². The predicted molar refractivity (Wildman–Crippen MR) is 87.5 cm³/mol. The number of anilines is 2. The standard InChI is InChI=1S/C18H18N2O/c1-12-7-8-17-16(9-12)18(10-13(2)19-17)20-14-5-4-6-15(11-14)21-3/h4-11H,1-3H3,(H,19,20). The highest BCUT2D eigenvalue weighted by atomic mass is 16.5. The van der Waals surface area contributed by atoms with Crippen molar-refractivity contribution in [3.8, 4) is 5.75 Å². The highest BCUT2D eigenvalue weighted by Gasteiger charge is 2.05. The van der Waals surface area contributed by atoms with E-state index in [1.54, 1.807) is 7.11 Å². The molecule has 1 heterocycles. The van der Waals surface area contributed by atoms with Crippen LogP contribution in [-0.4, -0.2) is 12.1 Å². The Labute approximate surface area is 124 Å². The third kappa shape index (κ3) is 2.82. The van der Waals surface area contributed by atoms with Crippen LogP contribution in [0.2, 0.25) is 0 Å². The maximum Gasteiger partial charge on any atom is 0.120 e. The van der Waals surface area contributed by atoms with Gasteiger partial charge in [-0.05, 0) is 44.2 Å². The molecule has 3 nitrogen and oxygen atoms in total. The molecule has 0 radical (unpaired) electrons. The van der Waals surface area contributed by atoms with E-state index >= 15 is 0 Å². The zero-order valence-corrected chi connectivity index (χ0v) is 12.5. The Morgan fingerprint density at radius 3 is 2.67 bits per heavy atom. The van der Waals surface area contributed by atoms with Gasteiger partial charge in [-0.1, -0.05) is 17.7 Å². The van der Waals surface area contributed by atoms with Crippen molar-refractivity contribution in [1.29, 1.82) is 0 Å². The van der Waals surface area contributed by atoms with Crippen molar-refractivity contribution < 1.29 is 4.74 Å². The van der Waals surface area contributed by atoms with Crippen molar-refractivity contribution >= 4 is 22.3 Å². The van der Waals surface area contributed by atoms with Gasteiger partial charge in [0.15, 0.2) is 0 Å². The molecule has 3 aromatic rings. The summed E-state index contributed by atoms with van der Waals surface area (Å²) in [5.74, 6) is 0.839. The molecule has 3 rings (SSSR count). The first-order valence-electron chi connectivity index (χ1n) is 6.95. The lowest BCUT2D eigenvalue weighted by atomic mass is 10.1. The second-order valence-corrected chi connectivity index (χ2v) is 5.19. The number of aryl methyl sites for hydroxylation is 2.